The quantitative estimate of drug-likeness (QED) is 0.515. The van der Waals surface area contributed by atoms with Gasteiger partial charge in [-0.3, -0.25) is 10.1 Å². The first-order valence-corrected chi connectivity index (χ1v) is 5.87. The molecule has 0 radical (unpaired) electrons. The van der Waals surface area contributed by atoms with Gasteiger partial charge in [0.2, 0.25) is 5.82 Å². The highest BCUT2D eigenvalue weighted by molar-refractivity contribution is 9.10. The fourth-order valence-corrected chi connectivity index (χ4v) is 1.63. The van der Waals surface area contributed by atoms with Crippen molar-refractivity contribution in [3.63, 3.8) is 0 Å². The lowest BCUT2D eigenvalue weighted by atomic mass is 10.1. The molecule has 1 aromatic heterocycles. The lowest BCUT2D eigenvalue weighted by molar-refractivity contribution is -0.384. The van der Waals surface area contributed by atoms with E-state index in [0.717, 1.165) is 6.42 Å². The predicted molar refractivity (Wildman–Crippen MR) is 69.7 cm³/mol. The number of nitrogens with one attached hydrogen (secondary N) is 1. The average molecular weight is 298 g/mol. The second-order valence-corrected chi connectivity index (χ2v) is 4.35. The Morgan fingerprint density at radius 3 is 3.00 bits per heavy atom. The van der Waals surface area contributed by atoms with Crippen LogP contribution in [-0.4, -0.2) is 15.9 Å². The molecule has 90 valence electrons. The highest BCUT2D eigenvalue weighted by Crippen LogP contribution is 2.26. The topological polar surface area (TPSA) is 68.1 Å². The number of nitrogens with zero attached hydrogens (tertiary/aromatic N) is 2. The largest absolute Gasteiger partial charge is 0.361 e. The summed E-state index contributed by atoms with van der Waals surface area (Å²) in [6, 6.07) is 1.41. The molecule has 1 atom stereocenters. The molecule has 6 heteroatoms. The first-order chi connectivity index (χ1) is 8.08. The average Bonchev–Trinajstić information content (AvgIpc) is 2.30. The van der Waals surface area contributed by atoms with Crippen LogP contribution in [0.3, 0.4) is 0 Å². The number of hydrogen-bond acceptors (Lipinski definition) is 4. The second-order valence-electron chi connectivity index (χ2n) is 3.44. The van der Waals surface area contributed by atoms with Crippen molar-refractivity contribution in [1.82, 2.24) is 4.98 Å². The predicted octanol–water partition coefficient (Wildman–Crippen LogP) is 2.97. The summed E-state index contributed by atoms with van der Waals surface area (Å²) < 4.78 is 0.569. The van der Waals surface area contributed by atoms with Crippen molar-refractivity contribution in [2.24, 2.45) is 0 Å². The number of anilines is 1. The Kier molecular flexibility index (Phi) is 4.91. The van der Waals surface area contributed by atoms with Crippen molar-refractivity contribution in [2.45, 2.75) is 25.8 Å². The molecule has 0 aromatic carbocycles. The van der Waals surface area contributed by atoms with Gasteiger partial charge in [0, 0.05) is 29.2 Å². The van der Waals surface area contributed by atoms with Gasteiger partial charge in [-0.2, -0.15) is 0 Å². The molecule has 0 fully saturated rings. The minimum atomic E-state index is -0.470. The lowest BCUT2D eigenvalue weighted by Crippen LogP contribution is -2.19. The fraction of sp³-hybridized carbons (Fsp3) is 0.364. The van der Waals surface area contributed by atoms with Gasteiger partial charge in [-0.1, -0.05) is 6.92 Å². The number of halogens is 1. The Morgan fingerprint density at radius 2 is 2.47 bits per heavy atom. The summed E-state index contributed by atoms with van der Waals surface area (Å²) in [5.74, 6) is 2.78. The molecule has 1 heterocycles. The first kappa shape index (κ1) is 13.5. The van der Waals surface area contributed by atoms with Crippen molar-refractivity contribution in [1.29, 1.82) is 0 Å². The van der Waals surface area contributed by atoms with Gasteiger partial charge >= 0.3 is 5.69 Å². The van der Waals surface area contributed by atoms with Crippen LogP contribution in [0, 0.1) is 22.5 Å². The van der Waals surface area contributed by atoms with Crippen LogP contribution in [-0.2, 0) is 0 Å². The fourth-order valence-electron chi connectivity index (χ4n) is 1.31. The SMILES string of the molecule is C#CCC(CC)Nc1ncc(Br)cc1[N+](=O)[O-]. The van der Waals surface area contributed by atoms with Crippen molar-refractivity contribution in [2.75, 3.05) is 5.32 Å². The number of pyridine rings is 1. The molecule has 0 aliphatic carbocycles. The number of rotatable bonds is 5. The standard InChI is InChI=1S/C11H12BrN3O2/c1-3-5-9(4-2)14-11-10(15(16)17)6-8(12)7-13-11/h1,6-7,9H,4-5H2,2H3,(H,13,14). The Balaban J connectivity index is 2.97. The molecule has 0 spiro atoms. The molecule has 0 amide bonds. The summed E-state index contributed by atoms with van der Waals surface area (Å²) in [4.78, 5) is 14.4. The molecule has 0 aliphatic rings. The van der Waals surface area contributed by atoms with Crippen LogP contribution in [0.5, 0.6) is 0 Å². The van der Waals surface area contributed by atoms with Crippen LogP contribution in [0.4, 0.5) is 11.5 Å². The van der Waals surface area contributed by atoms with E-state index in [-0.39, 0.29) is 17.5 Å². The van der Waals surface area contributed by atoms with E-state index in [0.29, 0.717) is 10.9 Å². The van der Waals surface area contributed by atoms with Crippen LogP contribution in [0.15, 0.2) is 16.7 Å². The maximum Gasteiger partial charge on any atom is 0.312 e. The summed E-state index contributed by atoms with van der Waals surface area (Å²) in [5, 5.41) is 13.9. The molecule has 17 heavy (non-hydrogen) atoms. The van der Waals surface area contributed by atoms with Gasteiger partial charge in [-0.25, -0.2) is 4.98 Å². The van der Waals surface area contributed by atoms with E-state index in [1.807, 2.05) is 6.92 Å². The van der Waals surface area contributed by atoms with Crippen LogP contribution in [0.25, 0.3) is 0 Å². The molecular weight excluding hydrogens is 286 g/mol. The number of nitro groups is 1. The minimum absolute atomic E-state index is 0.00706. The van der Waals surface area contributed by atoms with Gasteiger partial charge in [0.05, 0.1) is 4.92 Å². The van der Waals surface area contributed by atoms with E-state index in [9.17, 15) is 10.1 Å². The van der Waals surface area contributed by atoms with Crippen molar-refractivity contribution in [3.05, 3.63) is 26.9 Å². The molecule has 0 saturated carbocycles. The van der Waals surface area contributed by atoms with Gasteiger partial charge in [0.25, 0.3) is 0 Å². The number of aromatic nitrogens is 1. The molecule has 0 aliphatic heterocycles. The third kappa shape index (κ3) is 3.71. The molecule has 1 aromatic rings. The first-order valence-electron chi connectivity index (χ1n) is 5.08. The van der Waals surface area contributed by atoms with Crippen molar-refractivity contribution >= 4 is 27.4 Å². The molecule has 0 saturated heterocycles. The second kappa shape index (κ2) is 6.21. The maximum atomic E-state index is 10.9. The third-order valence-corrected chi connectivity index (χ3v) is 2.66. The minimum Gasteiger partial charge on any atom is -0.361 e. The Hall–Kier alpha value is -1.61. The van der Waals surface area contributed by atoms with E-state index in [1.165, 1.54) is 12.3 Å². The number of hydrogen-bond donors (Lipinski definition) is 1. The Bertz CT molecular complexity index is 457. The van der Waals surface area contributed by atoms with Gasteiger partial charge in [-0.15, -0.1) is 12.3 Å². The molecule has 0 bridgehead atoms. The zero-order valence-electron chi connectivity index (χ0n) is 9.31. The van der Waals surface area contributed by atoms with Gasteiger partial charge in [-0.05, 0) is 22.4 Å². The van der Waals surface area contributed by atoms with Crippen LogP contribution in [0.2, 0.25) is 0 Å². The summed E-state index contributed by atoms with van der Waals surface area (Å²) in [7, 11) is 0. The zero-order chi connectivity index (χ0) is 12.8. The normalized spacial score (nSPS) is 11.6. The van der Waals surface area contributed by atoms with Crippen LogP contribution >= 0.6 is 15.9 Å². The van der Waals surface area contributed by atoms with Gasteiger partial charge in [0.1, 0.15) is 0 Å². The van der Waals surface area contributed by atoms with E-state index >= 15 is 0 Å². The third-order valence-electron chi connectivity index (χ3n) is 2.23. The zero-order valence-corrected chi connectivity index (χ0v) is 10.9. The van der Waals surface area contributed by atoms with Crippen molar-refractivity contribution in [3.8, 4) is 12.3 Å². The molecule has 1 N–H and O–H groups in total. The Labute approximate surface area is 108 Å². The lowest BCUT2D eigenvalue weighted by Gasteiger charge is -2.14. The summed E-state index contributed by atoms with van der Waals surface area (Å²) in [6.07, 6.45) is 8.02. The monoisotopic (exact) mass is 297 g/mol. The van der Waals surface area contributed by atoms with E-state index in [1.54, 1.807) is 0 Å². The molecular formula is C11H12BrN3O2. The maximum absolute atomic E-state index is 10.9. The molecule has 5 nitrogen and oxygen atoms in total. The van der Waals surface area contributed by atoms with E-state index < -0.39 is 4.92 Å². The van der Waals surface area contributed by atoms with Gasteiger partial charge < -0.3 is 5.32 Å². The summed E-state index contributed by atoms with van der Waals surface area (Å²) >= 11 is 3.15. The van der Waals surface area contributed by atoms with Crippen LogP contribution < -0.4 is 5.32 Å². The molecule has 1 rings (SSSR count). The highest BCUT2D eigenvalue weighted by atomic mass is 79.9. The smallest absolute Gasteiger partial charge is 0.312 e. The summed E-state index contributed by atoms with van der Waals surface area (Å²) in [6.45, 7) is 1.96. The highest BCUT2D eigenvalue weighted by Gasteiger charge is 2.18. The van der Waals surface area contributed by atoms with Crippen LogP contribution in [0.1, 0.15) is 19.8 Å². The van der Waals surface area contributed by atoms with E-state index in [4.69, 9.17) is 6.42 Å². The van der Waals surface area contributed by atoms with Crippen molar-refractivity contribution < 1.29 is 4.92 Å². The molecule has 1 unspecified atom stereocenters. The Morgan fingerprint density at radius 1 is 1.76 bits per heavy atom. The number of terminal acetylenes is 1. The van der Waals surface area contributed by atoms with E-state index in [2.05, 4.69) is 32.2 Å². The summed E-state index contributed by atoms with van der Waals surface area (Å²) in [5.41, 5.74) is -0.0603. The van der Waals surface area contributed by atoms with Gasteiger partial charge in [0.15, 0.2) is 0 Å².